The molecule has 1 aromatic heterocycles. The number of rotatable bonds is 11. The Bertz CT molecular complexity index is 492. The molecule has 0 bridgehead atoms. The van der Waals surface area contributed by atoms with Crippen LogP contribution in [-0.4, -0.2) is 39.9 Å². The van der Waals surface area contributed by atoms with Crippen molar-refractivity contribution in [2.45, 2.75) is 79.8 Å². The van der Waals surface area contributed by atoms with Gasteiger partial charge in [-0.2, -0.15) is 0 Å². The van der Waals surface area contributed by atoms with Crippen molar-refractivity contribution in [2.75, 3.05) is 13.1 Å². The molecule has 1 unspecified atom stereocenters. The van der Waals surface area contributed by atoms with Crippen LogP contribution in [0.4, 0.5) is 0 Å². The number of aliphatic imine (C=N–C) groups is 1. The molecule has 1 heterocycles. The lowest BCUT2D eigenvalue weighted by molar-refractivity contribution is 0.489. The third-order valence-corrected chi connectivity index (χ3v) is 4.07. The second-order valence-corrected chi connectivity index (χ2v) is 7.67. The Labute approximate surface area is 153 Å². The maximum Gasteiger partial charge on any atom is 0.191 e. The monoisotopic (exact) mass is 350 g/mol. The van der Waals surface area contributed by atoms with Gasteiger partial charge in [-0.25, -0.2) is 0 Å². The van der Waals surface area contributed by atoms with Crippen LogP contribution in [0, 0.1) is 11.8 Å². The summed E-state index contributed by atoms with van der Waals surface area (Å²) < 4.78 is 2.10. The maximum atomic E-state index is 4.72. The van der Waals surface area contributed by atoms with Gasteiger partial charge in [-0.05, 0) is 25.2 Å². The van der Waals surface area contributed by atoms with E-state index in [4.69, 9.17) is 4.99 Å². The fraction of sp³-hybridized carbons (Fsp3) is 0.842. The van der Waals surface area contributed by atoms with E-state index in [0.717, 1.165) is 43.8 Å². The molecular weight excluding hydrogens is 312 g/mol. The quantitative estimate of drug-likeness (QED) is 0.475. The van der Waals surface area contributed by atoms with E-state index in [2.05, 4.69) is 66.9 Å². The van der Waals surface area contributed by atoms with Crippen LogP contribution < -0.4 is 10.6 Å². The smallest absolute Gasteiger partial charge is 0.191 e. The number of aryl methyl sites for hydroxylation is 1. The first-order chi connectivity index (χ1) is 11.9. The summed E-state index contributed by atoms with van der Waals surface area (Å²) in [7, 11) is 0. The molecule has 0 aliphatic carbocycles. The predicted octanol–water partition coefficient (Wildman–Crippen LogP) is 3.25. The number of hydrogen-bond donors (Lipinski definition) is 2. The van der Waals surface area contributed by atoms with E-state index in [-0.39, 0.29) is 0 Å². The third kappa shape index (κ3) is 9.46. The van der Waals surface area contributed by atoms with Gasteiger partial charge in [0.25, 0.3) is 0 Å². The third-order valence-electron chi connectivity index (χ3n) is 4.07. The molecule has 6 nitrogen and oxygen atoms in total. The van der Waals surface area contributed by atoms with Gasteiger partial charge in [0, 0.05) is 32.1 Å². The molecule has 1 aromatic rings. The van der Waals surface area contributed by atoms with Crippen molar-refractivity contribution in [1.82, 2.24) is 25.4 Å². The zero-order valence-corrected chi connectivity index (χ0v) is 17.0. The van der Waals surface area contributed by atoms with Crippen LogP contribution in [0.1, 0.15) is 66.6 Å². The van der Waals surface area contributed by atoms with Crippen molar-refractivity contribution >= 4 is 5.96 Å². The molecule has 0 saturated carbocycles. The van der Waals surface area contributed by atoms with Crippen LogP contribution in [0.3, 0.4) is 0 Å². The predicted molar refractivity (Wildman–Crippen MR) is 106 cm³/mol. The number of nitrogens with zero attached hydrogens (tertiary/aromatic N) is 4. The highest BCUT2D eigenvalue weighted by Gasteiger charge is 2.07. The molecule has 1 atom stereocenters. The minimum Gasteiger partial charge on any atom is -0.355 e. The summed E-state index contributed by atoms with van der Waals surface area (Å²) >= 11 is 0. The molecule has 0 aliphatic rings. The minimum absolute atomic E-state index is 0.429. The SMILES string of the molecule is CCc1nncn1CCNC(=NCC(C)C)NC(C)CCCC(C)C. The number of hydrogen-bond acceptors (Lipinski definition) is 3. The summed E-state index contributed by atoms with van der Waals surface area (Å²) in [6.07, 6.45) is 6.41. The van der Waals surface area contributed by atoms with Crippen molar-refractivity contribution in [3.63, 3.8) is 0 Å². The van der Waals surface area contributed by atoms with Gasteiger partial charge < -0.3 is 15.2 Å². The van der Waals surface area contributed by atoms with Gasteiger partial charge >= 0.3 is 0 Å². The largest absolute Gasteiger partial charge is 0.355 e. The van der Waals surface area contributed by atoms with Crippen molar-refractivity contribution in [1.29, 1.82) is 0 Å². The van der Waals surface area contributed by atoms with Crippen LogP contribution in [0.25, 0.3) is 0 Å². The molecule has 1 rings (SSSR count). The summed E-state index contributed by atoms with van der Waals surface area (Å²) in [5, 5.41) is 15.1. The van der Waals surface area contributed by atoms with Gasteiger partial charge in [-0.1, -0.05) is 47.5 Å². The molecule has 0 radical (unpaired) electrons. The fourth-order valence-corrected chi connectivity index (χ4v) is 2.60. The molecule has 0 spiro atoms. The van der Waals surface area contributed by atoms with Crippen molar-refractivity contribution in [3.05, 3.63) is 12.2 Å². The maximum absolute atomic E-state index is 4.72. The minimum atomic E-state index is 0.429. The van der Waals surface area contributed by atoms with E-state index in [1.165, 1.54) is 19.3 Å². The summed E-state index contributed by atoms with van der Waals surface area (Å²) in [6, 6.07) is 0.429. The molecule has 144 valence electrons. The van der Waals surface area contributed by atoms with Crippen molar-refractivity contribution < 1.29 is 0 Å². The van der Waals surface area contributed by atoms with Gasteiger partial charge in [-0.3, -0.25) is 4.99 Å². The van der Waals surface area contributed by atoms with Crippen molar-refractivity contribution in [2.24, 2.45) is 16.8 Å². The van der Waals surface area contributed by atoms with Crippen LogP contribution in [0.15, 0.2) is 11.3 Å². The Morgan fingerprint density at radius 1 is 1.16 bits per heavy atom. The molecule has 0 aliphatic heterocycles. The molecule has 0 aromatic carbocycles. The summed E-state index contributed by atoms with van der Waals surface area (Å²) in [5.74, 6) is 3.27. The second kappa shape index (κ2) is 11.9. The molecule has 25 heavy (non-hydrogen) atoms. The topological polar surface area (TPSA) is 67.1 Å². The van der Waals surface area contributed by atoms with Crippen LogP contribution >= 0.6 is 0 Å². The Hall–Kier alpha value is -1.59. The lowest BCUT2D eigenvalue weighted by atomic mass is 10.0. The lowest BCUT2D eigenvalue weighted by Crippen LogP contribution is -2.43. The highest BCUT2D eigenvalue weighted by Crippen LogP contribution is 2.08. The van der Waals surface area contributed by atoms with E-state index in [1.54, 1.807) is 6.33 Å². The van der Waals surface area contributed by atoms with Gasteiger partial charge in [0.1, 0.15) is 12.2 Å². The van der Waals surface area contributed by atoms with Crippen LogP contribution in [0.5, 0.6) is 0 Å². The highest BCUT2D eigenvalue weighted by molar-refractivity contribution is 5.80. The molecule has 6 heteroatoms. The van der Waals surface area contributed by atoms with Crippen molar-refractivity contribution in [3.8, 4) is 0 Å². The first-order valence-corrected chi connectivity index (χ1v) is 9.83. The van der Waals surface area contributed by atoms with Crippen LogP contribution in [0.2, 0.25) is 0 Å². The van der Waals surface area contributed by atoms with Gasteiger partial charge in [0.15, 0.2) is 5.96 Å². The Balaban J connectivity index is 2.48. The second-order valence-electron chi connectivity index (χ2n) is 7.67. The zero-order chi connectivity index (χ0) is 18.7. The first kappa shape index (κ1) is 21.5. The van der Waals surface area contributed by atoms with E-state index >= 15 is 0 Å². The molecule has 0 saturated heterocycles. The van der Waals surface area contributed by atoms with Gasteiger partial charge in [0.2, 0.25) is 0 Å². The number of aromatic nitrogens is 3. The average molecular weight is 351 g/mol. The fourth-order valence-electron chi connectivity index (χ4n) is 2.60. The van der Waals surface area contributed by atoms with E-state index in [0.29, 0.717) is 12.0 Å². The Morgan fingerprint density at radius 2 is 1.92 bits per heavy atom. The molecule has 0 fully saturated rings. The number of guanidine groups is 1. The molecule has 2 N–H and O–H groups in total. The average Bonchev–Trinajstić information content (AvgIpc) is 2.99. The zero-order valence-electron chi connectivity index (χ0n) is 17.0. The van der Waals surface area contributed by atoms with Gasteiger partial charge in [-0.15, -0.1) is 10.2 Å². The standard InChI is InChI=1S/C19H38N6/c1-7-18-24-22-14-25(18)12-11-20-19(21-13-16(4)5)23-17(6)10-8-9-15(2)3/h14-17H,7-13H2,1-6H3,(H2,20,21,23). The van der Waals surface area contributed by atoms with Gasteiger partial charge in [0.05, 0.1) is 0 Å². The molecular formula is C19H38N6. The first-order valence-electron chi connectivity index (χ1n) is 9.83. The van der Waals surface area contributed by atoms with E-state index < -0.39 is 0 Å². The highest BCUT2D eigenvalue weighted by atomic mass is 15.3. The Kier molecular flexibility index (Phi) is 10.2. The molecule has 0 amide bonds. The van der Waals surface area contributed by atoms with E-state index in [9.17, 15) is 0 Å². The summed E-state index contributed by atoms with van der Waals surface area (Å²) in [4.78, 5) is 4.72. The summed E-state index contributed by atoms with van der Waals surface area (Å²) in [6.45, 7) is 15.8. The van der Waals surface area contributed by atoms with E-state index in [1.807, 2.05) is 0 Å². The Morgan fingerprint density at radius 3 is 2.56 bits per heavy atom. The normalized spacial score (nSPS) is 13.5. The lowest BCUT2D eigenvalue weighted by Gasteiger charge is -2.19. The van der Waals surface area contributed by atoms with Crippen LogP contribution in [-0.2, 0) is 13.0 Å². The number of nitrogens with one attached hydrogen (secondary N) is 2. The summed E-state index contributed by atoms with van der Waals surface area (Å²) in [5.41, 5.74) is 0.